The molecule has 1 fully saturated rings. The van der Waals surface area contributed by atoms with Gasteiger partial charge in [0.15, 0.2) is 17.1 Å². The molecule has 0 saturated carbocycles. The van der Waals surface area contributed by atoms with Gasteiger partial charge < -0.3 is 33.9 Å². The zero-order valence-corrected chi connectivity index (χ0v) is 20.6. The monoisotopic (exact) mass is 504 g/mol. The molecule has 3 aromatic rings. The fourth-order valence-corrected chi connectivity index (χ4v) is 4.94. The third kappa shape index (κ3) is 4.97. The molecule has 2 atom stereocenters. The van der Waals surface area contributed by atoms with Crippen LogP contribution in [-0.2, 0) is 15.1 Å². The van der Waals surface area contributed by atoms with Crippen molar-refractivity contribution in [2.45, 2.75) is 17.9 Å². The van der Waals surface area contributed by atoms with Gasteiger partial charge in [0.2, 0.25) is 6.79 Å². The van der Waals surface area contributed by atoms with Gasteiger partial charge in [-0.25, -0.2) is 4.79 Å². The number of rotatable bonds is 7. The Labute approximate surface area is 214 Å². The number of piperidine rings is 1. The predicted octanol–water partition coefficient (Wildman–Crippen LogP) is 4.52. The van der Waals surface area contributed by atoms with Gasteiger partial charge in [-0.15, -0.1) is 0 Å². The SMILES string of the molecule is COc1ccc(NC(=O)N2CC(c3ccc4c(c3)OCO4)CC(OC=O)(c3ccc(OC)cc3)C2)cc1. The molecule has 0 aliphatic carbocycles. The Morgan fingerprint density at radius 1 is 0.973 bits per heavy atom. The van der Waals surface area contributed by atoms with Crippen LogP contribution in [0.3, 0.4) is 0 Å². The lowest BCUT2D eigenvalue weighted by molar-refractivity contribution is -0.151. The molecule has 0 spiro atoms. The molecule has 3 aromatic carbocycles. The molecule has 0 bridgehead atoms. The van der Waals surface area contributed by atoms with E-state index < -0.39 is 5.60 Å². The van der Waals surface area contributed by atoms with Crippen molar-refractivity contribution in [3.8, 4) is 23.0 Å². The maximum atomic E-state index is 13.5. The number of carbonyl (C=O) groups is 2. The number of likely N-dealkylation sites (tertiary alicyclic amines) is 1. The van der Waals surface area contributed by atoms with Gasteiger partial charge in [-0.3, -0.25) is 4.79 Å². The quantitative estimate of drug-likeness (QED) is 0.473. The number of hydrogen-bond donors (Lipinski definition) is 1. The first-order valence-electron chi connectivity index (χ1n) is 11.9. The van der Waals surface area contributed by atoms with Crippen molar-refractivity contribution in [2.75, 3.05) is 39.4 Å². The van der Waals surface area contributed by atoms with E-state index in [1.165, 1.54) is 0 Å². The number of amides is 2. The van der Waals surface area contributed by atoms with Gasteiger partial charge in [0.1, 0.15) is 11.5 Å². The Balaban J connectivity index is 1.49. The van der Waals surface area contributed by atoms with Crippen LogP contribution in [0.5, 0.6) is 23.0 Å². The van der Waals surface area contributed by atoms with Crippen LogP contribution in [0.4, 0.5) is 10.5 Å². The first-order chi connectivity index (χ1) is 18.0. The highest BCUT2D eigenvalue weighted by Crippen LogP contribution is 2.44. The molecule has 2 heterocycles. The van der Waals surface area contributed by atoms with Gasteiger partial charge in [0, 0.05) is 24.6 Å². The zero-order chi connectivity index (χ0) is 25.8. The second kappa shape index (κ2) is 10.3. The number of anilines is 1. The summed E-state index contributed by atoms with van der Waals surface area (Å²) in [6, 6.07) is 19.9. The van der Waals surface area contributed by atoms with E-state index in [0.717, 1.165) is 11.1 Å². The fourth-order valence-electron chi connectivity index (χ4n) is 4.94. The van der Waals surface area contributed by atoms with Crippen molar-refractivity contribution in [1.82, 2.24) is 4.90 Å². The summed E-state index contributed by atoms with van der Waals surface area (Å²) in [4.78, 5) is 26.9. The number of carbonyl (C=O) groups excluding carboxylic acids is 2. The lowest BCUT2D eigenvalue weighted by Crippen LogP contribution is -2.53. The van der Waals surface area contributed by atoms with Crippen molar-refractivity contribution >= 4 is 18.2 Å². The Bertz CT molecular complexity index is 1260. The van der Waals surface area contributed by atoms with Gasteiger partial charge in [0.05, 0.1) is 20.8 Å². The highest BCUT2D eigenvalue weighted by molar-refractivity contribution is 5.89. The van der Waals surface area contributed by atoms with E-state index in [0.29, 0.717) is 48.1 Å². The molecule has 0 radical (unpaired) electrons. The van der Waals surface area contributed by atoms with Crippen LogP contribution < -0.4 is 24.3 Å². The van der Waals surface area contributed by atoms with Crippen LogP contribution in [0.25, 0.3) is 0 Å². The van der Waals surface area contributed by atoms with Gasteiger partial charge >= 0.3 is 6.03 Å². The molecule has 1 saturated heterocycles. The second-order valence-electron chi connectivity index (χ2n) is 8.99. The number of nitrogens with one attached hydrogen (secondary N) is 1. The van der Waals surface area contributed by atoms with Gasteiger partial charge in [0.25, 0.3) is 6.47 Å². The van der Waals surface area contributed by atoms with Crippen molar-refractivity contribution in [3.05, 3.63) is 77.9 Å². The fraction of sp³-hybridized carbons (Fsp3) is 0.286. The maximum absolute atomic E-state index is 13.5. The van der Waals surface area contributed by atoms with Crippen LogP contribution in [0.15, 0.2) is 66.7 Å². The second-order valence-corrected chi connectivity index (χ2v) is 8.99. The molecule has 2 amide bonds. The summed E-state index contributed by atoms with van der Waals surface area (Å²) in [6.45, 7) is 1.22. The molecule has 5 rings (SSSR count). The summed E-state index contributed by atoms with van der Waals surface area (Å²) in [5.41, 5.74) is 1.29. The smallest absolute Gasteiger partial charge is 0.322 e. The molecule has 9 heteroatoms. The number of nitrogens with zero attached hydrogens (tertiary/aromatic N) is 1. The van der Waals surface area contributed by atoms with Crippen molar-refractivity contribution in [1.29, 1.82) is 0 Å². The highest BCUT2D eigenvalue weighted by atomic mass is 16.7. The van der Waals surface area contributed by atoms with E-state index in [9.17, 15) is 9.59 Å². The maximum Gasteiger partial charge on any atom is 0.322 e. The molecular weight excluding hydrogens is 476 g/mol. The largest absolute Gasteiger partial charge is 0.497 e. The molecule has 2 aliphatic heterocycles. The number of ether oxygens (including phenoxy) is 5. The summed E-state index contributed by atoms with van der Waals surface area (Å²) in [5, 5.41) is 2.95. The number of methoxy groups -OCH3 is 2. The van der Waals surface area contributed by atoms with E-state index in [1.807, 2.05) is 42.5 Å². The molecule has 9 nitrogen and oxygen atoms in total. The summed E-state index contributed by atoms with van der Waals surface area (Å²) >= 11 is 0. The van der Waals surface area contributed by atoms with Crippen molar-refractivity contribution in [2.24, 2.45) is 0 Å². The average Bonchev–Trinajstić information content (AvgIpc) is 3.41. The Morgan fingerprint density at radius 2 is 1.65 bits per heavy atom. The van der Waals surface area contributed by atoms with E-state index in [4.69, 9.17) is 23.7 Å². The average molecular weight is 505 g/mol. The standard InChI is InChI=1S/C28H28N2O7/c1-33-23-8-4-21(5-9-23)28(37-17-31)14-20(19-3-12-25-26(13-19)36-18-35-25)15-30(16-28)27(32)29-22-6-10-24(34-2)11-7-22/h3-13,17,20H,14-16,18H2,1-2H3,(H,29,32). The highest BCUT2D eigenvalue weighted by Gasteiger charge is 2.45. The van der Waals surface area contributed by atoms with Crippen LogP contribution in [-0.4, -0.2) is 51.5 Å². The van der Waals surface area contributed by atoms with Gasteiger partial charge in [-0.2, -0.15) is 0 Å². The summed E-state index contributed by atoms with van der Waals surface area (Å²) in [7, 11) is 3.18. The van der Waals surface area contributed by atoms with Crippen molar-refractivity contribution in [3.63, 3.8) is 0 Å². The molecule has 2 aliphatic rings. The normalized spacial score (nSPS) is 20.2. The molecule has 2 unspecified atom stereocenters. The minimum absolute atomic E-state index is 0.146. The third-order valence-corrected chi connectivity index (χ3v) is 6.85. The molecule has 192 valence electrons. The van der Waals surface area contributed by atoms with Gasteiger partial charge in [-0.05, 0) is 59.7 Å². The lowest BCUT2D eigenvalue weighted by atomic mass is 9.77. The molecular formula is C28H28N2O7. The van der Waals surface area contributed by atoms with E-state index in [1.54, 1.807) is 43.4 Å². The number of urea groups is 1. The van der Waals surface area contributed by atoms with Gasteiger partial charge in [-0.1, -0.05) is 18.2 Å². The summed E-state index contributed by atoms with van der Waals surface area (Å²) in [5.74, 6) is 2.56. The Morgan fingerprint density at radius 3 is 2.32 bits per heavy atom. The minimum atomic E-state index is -1.06. The van der Waals surface area contributed by atoms with Crippen LogP contribution in [0, 0.1) is 0 Å². The van der Waals surface area contributed by atoms with E-state index >= 15 is 0 Å². The summed E-state index contributed by atoms with van der Waals surface area (Å²) < 4.78 is 27.4. The van der Waals surface area contributed by atoms with E-state index in [2.05, 4.69) is 5.32 Å². The van der Waals surface area contributed by atoms with Crippen LogP contribution in [0.1, 0.15) is 23.5 Å². The topological polar surface area (TPSA) is 95.6 Å². The first-order valence-corrected chi connectivity index (χ1v) is 11.9. The van der Waals surface area contributed by atoms with Crippen LogP contribution >= 0.6 is 0 Å². The van der Waals surface area contributed by atoms with Crippen molar-refractivity contribution < 1.29 is 33.3 Å². The molecule has 1 N–H and O–H groups in total. The van der Waals surface area contributed by atoms with E-state index in [-0.39, 0.29) is 25.3 Å². The molecule has 37 heavy (non-hydrogen) atoms. The van der Waals surface area contributed by atoms with Crippen LogP contribution in [0.2, 0.25) is 0 Å². The Kier molecular flexibility index (Phi) is 6.76. The number of hydrogen-bond acceptors (Lipinski definition) is 7. The summed E-state index contributed by atoms with van der Waals surface area (Å²) in [6.07, 6.45) is 0.476. The lowest BCUT2D eigenvalue weighted by Gasteiger charge is -2.45. The number of fused-ring (bicyclic) bond motifs is 1. The predicted molar refractivity (Wildman–Crippen MR) is 135 cm³/mol. The molecule has 0 aromatic heterocycles. The third-order valence-electron chi connectivity index (χ3n) is 6.85. The number of benzene rings is 3. The minimum Gasteiger partial charge on any atom is -0.497 e. The zero-order valence-electron chi connectivity index (χ0n) is 20.6. The first kappa shape index (κ1) is 24.3. The Hall–Kier alpha value is -4.40.